The molecule has 0 N–H and O–H groups in total. The molecule has 0 nitrogen and oxygen atoms in total. The molecule has 0 aromatic carbocycles. The molecular formula is C11H15F3. The predicted octanol–water partition coefficient (Wildman–Crippen LogP) is 3.93. The highest BCUT2D eigenvalue weighted by molar-refractivity contribution is 5.06. The number of hydrogen-bond donors (Lipinski definition) is 0. The Morgan fingerprint density at radius 1 is 1.36 bits per heavy atom. The molecule has 0 aromatic heterocycles. The number of alkyl halides is 3. The molecule has 0 radical (unpaired) electrons. The summed E-state index contributed by atoms with van der Waals surface area (Å²) in [6.07, 6.45) is 0.394. The van der Waals surface area contributed by atoms with Gasteiger partial charge in [-0.3, -0.25) is 0 Å². The van der Waals surface area contributed by atoms with E-state index in [0.717, 1.165) is 19.3 Å². The fourth-order valence-electron chi connectivity index (χ4n) is 3.41. The van der Waals surface area contributed by atoms with Gasteiger partial charge >= 0.3 is 6.18 Å². The summed E-state index contributed by atoms with van der Waals surface area (Å²) in [6.45, 7) is 3.47. The van der Waals surface area contributed by atoms with E-state index in [1.165, 1.54) is 6.08 Å². The Kier molecular flexibility index (Phi) is 2.16. The average molecular weight is 204 g/mol. The van der Waals surface area contributed by atoms with Crippen molar-refractivity contribution >= 4 is 0 Å². The Bertz CT molecular complexity index is 243. The maximum Gasteiger partial charge on any atom is 0.395 e. The van der Waals surface area contributed by atoms with Crippen LogP contribution in [-0.4, -0.2) is 6.18 Å². The van der Waals surface area contributed by atoms with E-state index in [2.05, 4.69) is 6.58 Å². The molecule has 14 heavy (non-hydrogen) atoms. The van der Waals surface area contributed by atoms with Crippen LogP contribution in [0.25, 0.3) is 0 Å². The van der Waals surface area contributed by atoms with Gasteiger partial charge in [-0.25, -0.2) is 0 Å². The first-order valence-corrected chi connectivity index (χ1v) is 5.17. The minimum Gasteiger partial charge on any atom is -0.170 e. The van der Waals surface area contributed by atoms with E-state index in [-0.39, 0.29) is 12.3 Å². The van der Waals surface area contributed by atoms with E-state index in [9.17, 15) is 13.2 Å². The second-order valence-electron chi connectivity index (χ2n) is 4.73. The second-order valence-corrected chi connectivity index (χ2v) is 4.73. The van der Waals surface area contributed by atoms with Crippen molar-refractivity contribution in [1.82, 2.24) is 0 Å². The van der Waals surface area contributed by atoms with E-state index < -0.39 is 11.6 Å². The van der Waals surface area contributed by atoms with Crippen LogP contribution in [-0.2, 0) is 0 Å². The van der Waals surface area contributed by atoms with Gasteiger partial charge in [0.1, 0.15) is 0 Å². The van der Waals surface area contributed by atoms with E-state index in [1.807, 2.05) is 0 Å². The molecule has 0 unspecified atom stereocenters. The lowest BCUT2D eigenvalue weighted by Gasteiger charge is -2.38. The third-order valence-electron chi connectivity index (χ3n) is 4.05. The normalized spacial score (nSPS) is 41.6. The van der Waals surface area contributed by atoms with Crippen LogP contribution in [0.5, 0.6) is 0 Å². The van der Waals surface area contributed by atoms with Crippen LogP contribution < -0.4 is 0 Å². The van der Waals surface area contributed by atoms with Gasteiger partial charge in [-0.2, -0.15) is 13.2 Å². The van der Waals surface area contributed by atoms with Crippen LogP contribution in [0, 0.1) is 17.3 Å². The van der Waals surface area contributed by atoms with Crippen molar-refractivity contribution < 1.29 is 13.2 Å². The van der Waals surface area contributed by atoms with Gasteiger partial charge < -0.3 is 0 Å². The molecule has 2 aliphatic carbocycles. The van der Waals surface area contributed by atoms with Crippen molar-refractivity contribution in [2.45, 2.75) is 38.3 Å². The van der Waals surface area contributed by atoms with E-state index >= 15 is 0 Å². The first kappa shape index (κ1) is 10.1. The monoisotopic (exact) mass is 204 g/mol. The Hall–Kier alpha value is -0.470. The topological polar surface area (TPSA) is 0 Å². The molecule has 0 spiro atoms. The summed E-state index contributed by atoms with van der Waals surface area (Å²) in [7, 11) is 0. The zero-order valence-electron chi connectivity index (χ0n) is 8.11. The largest absolute Gasteiger partial charge is 0.395 e. The predicted molar refractivity (Wildman–Crippen MR) is 48.8 cm³/mol. The van der Waals surface area contributed by atoms with Gasteiger partial charge in [0.25, 0.3) is 0 Å². The standard InChI is InChI=1S/C11H15F3/c1-2-5-10(11(12,13)14)7-8-3-4-9(10)6-8/h2,8-9H,1,3-7H2/t8-,9+,10-/m0/s1. The number of fused-ring (bicyclic) bond motifs is 2. The molecule has 0 saturated heterocycles. The quantitative estimate of drug-likeness (QED) is 0.598. The summed E-state index contributed by atoms with van der Waals surface area (Å²) in [4.78, 5) is 0. The number of allylic oxidation sites excluding steroid dienone is 1. The van der Waals surface area contributed by atoms with Crippen molar-refractivity contribution in [2.24, 2.45) is 17.3 Å². The zero-order chi connectivity index (χ0) is 10.4. The Morgan fingerprint density at radius 3 is 2.43 bits per heavy atom. The molecule has 0 aliphatic heterocycles. The number of halogens is 3. The van der Waals surface area contributed by atoms with Crippen LogP contribution in [0.15, 0.2) is 12.7 Å². The third kappa shape index (κ3) is 1.21. The summed E-state index contributed by atoms with van der Waals surface area (Å²) in [5.74, 6) is 0.187. The fraction of sp³-hybridized carbons (Fsp3) is 0.818. The van der Waals surface area contributed by atoms with Gasteiger partial charge in [0.15, 0.2) is 0 Å². The van der Waals surface area contributed by atoms with E-state index in [0.29, 0.717) is 12.3 Å². The first-order chi connectivity index (χ1) is 6.49. The minimum absolute atomic E-state index is 0.109. The van der Waals surface area contributed by atoms with Gasteiger partial charge in [-0.1, -0.05) is 12.5 Å². The lowest BCUT2D eigenvalue weighted by molar-refractivity contribution is -0.240. The first-order valence-electron chi connectivity index (χ1n) is 5.17. The second kappa shape index (κ2) is 3.01. The molecule has 3 atom stereocenters. The SMILES string of the molecule is C=CC[C@]1(C(F)(F)F)C[C@H]2CC[C@@H]1C2. The summed E-state index contributed by atoms with van der Waals surface area (Å²) < 4.78 is 39.0. The summed E-state index contributed by atoms with van der Waals surface area (Å²) >= 11 is 0. The van der Waals surface area contributed by atoms with Crippen LogP contribution >= 0.6 is 0 Å². The van der Waals surface area contributed by atoms with Crippen molar-refractivity contribution in [2.75, 3.05) is 0 Å². The van der Waals surface area contributed by atoms with E-state index in [4.69, 9.17) is 0 Å². The molecule has 2 fully saturated rings. The smallest absolute Gasteiger partial charge is 0.170 e. The molecule has 0 aromatic rings. The van der Waals surface area contributed by atoms with E-state index in [1.54, 1.807) is 0 Å². The highest BCUT2D eigenvalue weighted by Crippen LogP contribution is 2.64. The van der Waals surface area contributed by atoms with Crippen LogP contribution in [0.3, 0.4) is 0 Å². The van der Waals surface area contributed by atoms with Crippen molar-refractivity contribution in [3.8, 4) is 0 Å². The van der Waals surface area contributed by atoms with Gasteiger partial charge in [0, 0.05) is 0 Å². The van der Waals surface area contributed by atoms with Crippen molar-refractivity contribution in [1.29, 1.82) is 0 Å². The minimum atomic E-state index is -4.04. The molecule has 2 rings (SSSR count). The third-order valence-corrected chi connectivity index (χ3v) is 4.05. The molecule has 3 heteroatoms. The van der Waals surface area contributed by atoms with Gasteiger partial charge in [-0.15, -0.1) is 6.58 Å². The lowest BCUT2D eigenvalue weighted by Crippen LogP contribution is -2.42. The van der Waals surface area contributed by atoms with Crippen LogP contribution in [0.4, 0.5) is 13.2 Å². The maximum absolute atomic E-state index is 13.0. The van der Waals surface area contributed by atoms with Gasteiger partial charge in [0.2, 0.25) is 0 Å². The van der Waals surface area contributed by atoms with Crippen LogP contribution in [0.1, 0.15) is 32.1 Å². The van der Waals surface area contributed by atoms with Crippen molar-refractivity contribution in [3.05, 3.63) is 12.7 Å². The Labute approximate surface area is 82.2 Å². The van der Waals surface area contributed by atoms with Gasteiger partial charge in [0.05, 0.1) is 5.41 Å². The Balaban J connectivity index is 2.28. The zero-order valence-corrected chi connectivity index (χ0v) is 8.11. The van der Waals surface area contributed by atoms with Crippen LogP contribution in [0.2, 0.25) is 0 Å². The molecule has 0 amide bonds. The fourth-order valence-corrected chi connectivity index (χ4v) is 3.41. The van der Waals surface area contributed by atoms with Crippen molar-refractivity contribution in [3.63, 3.8) is 0 Å². The highest BCUT2D eigenvalue weighted by atomic mass is 19.4. The van der Waals surface area contributed by atoms with Gasteiger partial charge in [-0.05, 0) is 37.5 Å². The Morgan fingerprint density at radius 2 is 2.07 bits per heavy atom. The summed E-state index contributed by atoms with van der Waals surface area (Å²) in [6, 6.07) is 0. The molecule has 2 saturated carbocycles. The molecule has 2 aliphatic rings. The molecule has 2 bridgehead atoms. The molecule has 80 valence electrons. The highest BCUT2D eigenvalue weighted by Gasteiger charge is 2.64. The summed E-state index contributed by atoms with van der Waals surface area (Å²) in [5.41, 5.74) is -1.42. The average Bonchev–Trinajstić information content (AvgIpc) is 2.62. The molecule has 0 heterocycles. The summed E-state index contributed by atoms with van der Waals surface area (Å²) in [5, 5.41) is 0. The number of rotatable bonds is 2. The number of hydrogen-bond acceptors (Lipinski definition) is 0. The maximum atomic E-state index is 13.0. The lowest BCUT2D eigenvalue weighted by atomic mass is 9.70. The molecular weight excluding hydrogens is 189 g/mol.